The van der Waals surface area contributed by atoms with Crippen LogP contribution in [0.25, 0.3) is 180 Å². The van der Waals surface area contributed by atoms with Crippen LogP contribution in [0.3, 0.4) is 0 Å². The lowest BCUT2D eigenvalue weighted by Gasteiger charge is -2.07. The van der Waals surface area contributed by atoms with Gasteiger partial charge in [-0.15, -0.1) is 45.3 Å². The fourth-order valence-corrected chi connectivity index (χ4v) is 21.2. The molecule has 18 aromatic carbocycles. The molecule has 5 heteroatoms. The lowest BCUT2D eigenvalue weighted by molar-refractivity contribution is 0.667. The maximum atomic E-state index is 6.17. The number of thiophene rings is 4. The second-order valence-electron chi connectivity index (χ2n) is 30.0. The van der Waals surface area contributed by atoms with Crippen molar-refractivity contribution >= 4 is 159 Å². The minimum absolute atomic E-state index is 0.975. The Balaban J connectivity index is 0.0000000970. The van der Waals surface area contributed by atoms with Crippen molar-refractivity contribution < 1.29 is 4.42 Å². The highest BCUT2D eigenvalue weighted by molar-refractivity contribution is 7.27. The SMILES string of the molecule is Cc1ccc(-c2cccc3c2sc2ccccc23)cc1.Cc1ccc(-c2cccc3ccccc23)cc1.Cc1cccc(-c2cccc3c2sc2ccccc23)c1.Cc1cccc2c1oc1c(-c3ccccc3)cccc12.Cc1cccc2c1sc1c(-c3ccccc3)cccc12.Cc1ccccc1-c1cccc2c1sc1ccccc12. The fourth-order valence-electron chi connectivity index (χ4n) is 16.2. The Morgan fingerprint density at radius 3 is 1.04 bits per heavy atom. The van der Waals surface area contributed by atoms with Gasteiger partial charge in [-0.3, -0.25) is 0 Å². The molecule has 23 aromatic rings. The maximum Gasteiger partial charge on any atom is 0.143 e. The molecule has 0 aliphatic carbocycles. The van der Waals surface area contributed by atoms with Crippen molar-refractivity contribution in [2.24, 2.45) is 0 Å². The van der Waals surface area contributed by atoms with E-state index in [1.165, 1.54) is 197 Å². The van der Waals surface area contributed by atoms with Crippen molar-refractivity contribution in [1.82, 2.24) is 0 Å². The molecule has 562 valence electrons. The van der Waals surface area contributed by atoms with Crippen LogP contribution in [0.4, 0.5) is 0 Å². The zero-order chi connectivity index (χ0) is 79.3. The lowest BCUT2D eigenvalue weighted by atomic mass is 9.98. The number of hydrogen-bond donors (Lipinski definition) is 0. The molecule has 0 aliphatic rings. The molecule has 0 radical (unpaired) electrons. The molecule has 5 heterocycles. The fraction of sp³-hybridized carbons (Fsp3) is 0.0536. The van der Waals surface area contributed by atoms with E-state index in [4.69, 9.17) is 4.42 Å². The third-order valence-electron chi connectivity index (χ3n) is 22.1. The predicted molar refractivity (Wildman–Crippen MR) is 516 cm³/mol. The number of furan rings is 1. The van der Waals surface area contributed by atoms with E-state index >= 15 is 0 Å². The molecule has 0 spiro atoms. The van der Waals surface area contributed by atoms with Crippen LogP contribution < -0.4 is 0 Å². The molecule has 23 rings (SSSR count). The molecule has 0 saturated heterocycles. The van der Waals surface area contributed by atoms with Gasteiger partial charge in [0, 0.05) is 97.0 Å². The molecule has 0 unspecified atom stereocenters. The Kier molecular flexibility index (Phi) is 21.7. The molecule has 1 nitrogen and oxygen atoms in total. The van der Waals surface area contributed by atoms with Crippen molar-refractivity contribution in [3.05, 3.63) is 434 Å². The van der Waals surface area contributed by atoms with Crippen LogP contribution in [0.5, 0.6) is 0 Å². The van der Waals surface area contributed by atoms with Crippen LogP contribution in [0.2, 0.25) is 0 Å². The topological polar surface area (TPSA) is 13.1 Å². The van der Waals surface area contributed by atoms with E-state index in [1.54, 1.807) is 0 Å². The number of para-hydroxylation sites is 2. The minimum Gasteiger partial charge on any atom is -0.455 e. The van der Waals surface area contributed by atoms with Crippen molar-refractivity contribution in [3.8, 4) is 66.8 Å². The van der Waals surface area contributed by atoms with E-state index < -0.39 is 0 Å². The Bertz CT molecular complexity index is 7340. The predicted octanol–water partition coefficient (Wildman–Crippen LogP) is 34.5. The second-order valence-corrected chi connectivity index (χ2v) is 34.2. The summed E-state index contributed by atoms with van der Waals surface area (Å²) >= 11 is 7.58. The van der Waals surface area contributed by atoms with E-state index in [1.807, 2.05) is 51.4 Å². The molecule has 0 N–H and O–H groups in total. The van der Waals surface area contributed by atoms with Crippen LogP contribution in [-0.4, -0.2) is 0 Å². The van der Waals surface area contributed by atoms with Gasteiger partial charge in [-0.05, 0) is 148 Å². The van der Waals surface area contributed by atoms with Gasteiger partial charge in [0.1, 0.15) is 11.2 Å². The van der Waals surface area contributed by atoms with E-state index in [2.05, 4.69) is 436 Å². The third kappa shape index (κ3) is 15.5. The van der Waals surface area contributed by atoms with Crippen LogP contribution in [0, 0.1) is 41.5 Å². The standard InChI is InChI=1S/C19H14O.4C19H14S.C17H14/c1-13-7-5-11-16-17-12-6-10-15(19(17)20-18(13)16)14-8-3-2-4-9-14;1-13-6-4-7-14(12-13)15-9-5-10-17-16-8-2-3-11-18(16)20-19(15)17;1-13-7-2-3-8-14(13)16-10-6-11-17-15-9-4-5-12-18(15)20-19(16)17;1-13-9-11-14(12-10-13)15-6-4-7-17-16-5-2-3-8-18(16)20-19(15)17;1-13-7-5-11-16-17-12-6-10-15(19(17)20-18(13)16)14-8-3-2-4-9-14;1-13-9-11-15(12-10-13)17-8-4-6-14-5-2-3-7-16(14)17/h5*2-12H,1H3;2-12H,1H3. The van der Waals surface area contributed by atoms with Gasteiger partial charge >= 0.3 is 0 Å². The first kappa shape index (κ1) is 75.3. The van der Waals surface area contributed by atoms with Crippen molar-refractivity contribution in [2.45, 2.75) is 41.5 Å². The lowest BCUT2D eigenvalue weighted by Crippen LogP contribution is -1.82. The molecule has 0 amide bonds. The normalized spacial score (nSPS) is 11.2. The second kappa shape index (κ2) is 33.8. The first-order valence-corrected chi connectivity index (χ1v) is 43.2. The summed E-state index contributed by atoms with van der Waals surface area (Å²) in [5.41, 5.74) is 25.3. The summed E-state index contributed by atoms with van der Waals surface area (Å²) in [6, 6.07) is 143. The summed E-state index contributed by atoms with van der Waals surface area (Å²) in [6.07, 6.45) is 0. The van der Waals surface area contributed by atoms with Crippen LogP contribution in [0.15, 0.2) is 405 Å². The molecule has 0 aliphatic heterocycles. The number of hydrogen-bond acceptors (Lipinski definition) is 5. The quantitative estimate of drug-likeness (QED) is 0.162. The number of fused-ring (bicyclic) bond motifs is 16. The molecule has 5 aromatic heterocycles. The highest BCUT2D eigenvalue weighted by Crippen LogP contribution is 2.46. The van der Waals surface area contributed by atoms with Gasteiger partial charge in [0.05, 0.1) is 0 Å². The van der Waals surface area contributed by atoms with Crippen LogP contribution >= 0.6 is 45.3 Å². The molecular weight excluding hydrogens is 1490 g/mol. The van der Waals surface area contributed by atoms with Gasteiger partial charge in [-0.2, -0.15) is 0 Å². The van der Waals surface area contributed by atoms with E-state index in [0.717, 1.165) is 16.7 Å². The number of rotatable bonds is 6. The zero-order valence-electron chi connectivity index (χ0n) is 66.1. The Morgan fingerprint density at radius 1 is 0.171 bits per heavy atom. The van der Waals surface area contributed by atoms with Gasteiger partial charge in [-0.25, -0.2) is 0 Å². The molecular formula is C112H84OS4. The number of aryl methyl sites for hydroxylation is 6. The summed E-state index contributed by atoms with van der Waals surface area (Å²) in [5, 5.41) is 15.9. The van der Waals surface area contributed by atoms with Gasteiger partial charge in [0.2, 0.25) is 0 Å². The third-order valence-corrected chi connectivity index (χ3v) is 27.2. The summed E-state index contributed by atoms with van der Waals surface area (Å²) < 4.78 is 17.2. The summed E-state index contributed by atoms with van der Waals surface area (Å²) in [5.74, 6) is 0. The first-order chi connectivity index (χ1) is 57.5. The highest BCUT2D eigenvalue weighted by Gasteiger charge is 2.17. The summed E-state index contributed by atoms with van der Waals surface area (Å²) in [7, 11) is 0. The van der Waals surface area contributed by atoms with E-state index in [9.17, 15) is 0 Å². The largest absolute Gasteiger partial charge is 0.455 e. The molecule has 0 fully saturated rings. The van der Waals surface area contributed by atoms with Gasteiger partial charge < -0.3 is 4.42 Å². The van der Waals surface area contributed by atoms with E-state index in [-0.39, 0.29) is 0 Å². The Morgan fingerprint density at radius 2 is 0.496 bits per heavy atom. The van der Waals surface area contributed by atoms with Crippen LogP contribution in [-0.2, 0) is 0 Å². The Labute approximate surface area is 699 Å². The van der Waals surface area contributed by atoms with Gasteiger partial charge in [0.15, 0.2) is 0 Å². The molecule has 117 heavy (non-hydrogen) atoms. The van der Waals surface area contributed by atoms with Gasteiger partial charge in [0.25, 0.3) is 0 Å². The number of benzene rings is 18. The molecule has 0 saturated carbocycles. The zero-order valence-corrected chi connectivity index (χ0v) is 69.4. The van der Waals surface area contributed by atoms with E-state index in [0.29, 0.717) is 0 Å². The monoisotopic (exact) mass is 1570 g/mol. The Hall–Kier alpha value is -13.1. The summed E-state index contributed by atoms with van der Waals surface area (Å²) in [6.45, 7) is 12.9. The maximum absolute atomic E-state index is 6.17. The summed E-state index contributed by atoms with van der Waals surface area (Å²) in [4.78, 5) is 0. The van der Waals surface area contributed by atoms with Crippen molar-refractivity contribution in [3.63, 3.8) is 0 Å². The van der Waals surface area contributed by atoms with Crippen molar-refractivity contribution in [2.75, 3.05) is 0 Å². The van der Waals surface area contributed by atoms with Crippen molar-refractivity contribution in [1.29, 1.82) is 0 Å². The average Bonchev–Trinajstić information content (AvgIpc) is 1.64. The first-order valence-electron chi connectivity index (χ1n) is 39.9. The molecule has 0 atom stereocenters. The average molecular weight is 1570 g/mol. The smallest absolute Gasteiger partial charge is 0.143 e. The molecule has 0 bridgehead atoms. The minimum atomic E-state index is 0.975. The van der Waals surface area contributed by atoms with Crippen LogP contribution in [0.1, 0.15) is 33.4 Å². The van der Waals surface area contributed by atoms with Gasteiger partial charge in [-0.1, -0.05) is 399 Å². The highest BCUT2D eigenvalue weighted by atomic mass is 32.1.